The molecule has 2 aliphatic rings. The van der Waals surface area contributed by atoms with E-state index in [4.69, 9.17) is 5.11 Å². The van der Waals surface area contributed by atoms with Gasteiger partial charge < -0.3 is 15.3 Å². The first-order valence-corrected chi connectivity index (χ1v) is 7.67. The molecule has 2 rings (SSSR count). The fraction of sp³-hybridized carbons (Fsp3) is 0.867. The molecule has 1 unspecified atom stereocenters. The zero-order valence-corrected chi connectivity index (χ0v) is 12.5. The van der Waals surface area contributed by atoms with Crippen molar-refractivity contribution >= 4 is 11.9 Å². The molecule has 0 aromatic carbocycles. The lowest BCUT2D eigenvalue weighted by Gasteiger charge is -2.44. The maximum atomic E-state index is 12.3. The van der Waals surface area contributed by atoms with Crippen LogP contribution in [-0.4, -0.2) is 47.6 Å². The second kappa shape index (κ2) is 6.12. The van der Waals surface area contributed by atoms with E-state index < -0.39 is 5.97 Å². The zero-order chi connectivity index (χ0) is 14.8. The molecule has 1 saturated carbocycles. The van der Waals surface area contributed by atoms with Crippen LogP contribution in [-0.2, 0) is 9.59 Å². The zero-order valence-electron chi connectivity index (χ0n) is 12.5. The minimum absolute atomic E-state index is 0.0289. The third-order valence-corrected chi connectivity index (χ3v) is 5.19. The molecule has 0 bridgehead atoms. The van der Waals surface area contributed by atoms with Gasteiger partial charge in [-0.05, 0) is 19.9 Å². The van der Waals surface area contributed by atoms with Crippen molar-refractivity contribution in [3.63, 3.8) is 0 Å². The Morgan fingerprint density at radius 1 is 1.30 bits per heavy atom. The molecule has 0 spiro atoms. The average molecular weight is 282 g/mol. The topological polar surface area (TPSA) is 69.6 Å². The lowest BCUT2D eigenvalue weighted by Crippen LogP contribution is -2.56. The van der Waals surface area contributed by atoms with Crippen molar-refractivity contribution in [3.8, 4) is 0 Å². The van der Waals surface area contributed by atoms with E-state index in [0.29, 0.717) is 19.5 Å². The second-order valence-corrected chi connectivity index (χ2v) is 6.45. The van der Waals surface area contributed by atoms with Gasteiger partial charge in [0.1, 0.15) is 0 Å². The monoisotopic (exact) mass is 282 g/mol. The standard InChI is InChI=1S/C15H26N2O3/c1-11(14(19)20)12-9-17(10-12)13(18)8-15(16-2)6-4-3-5-7-15/h11-12,16H,3-10H2,1-2H3,(H,19,20). The van der Waals surface area contributed by atoms with Gasteiger partial charge in [0.2, 0.25) is 5.91 Å². The Bertz CT molecular complexity index is 371. The van der Waals surface area contributed by atoms with Crippen LogP contribution in [0.1, 0.15) is 45.4 Å². The maximum absolute atomic E-state index is 12.3. The molecule has 1 aliphatic carbocycles. The Labute approximate surface area is 120 Å². The molecule has 1 saturated heterocycles. The molecular formula is C15H26N2O3. The smallest absolute Gasteiger partial charge is 0.306 e. The van der Waals surface area contributed by atoms with Gasteiger partial charge in [-0.25, -0.2) is 0 Å². The van der Waals surface area contributed by atoms with E-state index in [1.165, 1.54) is 19.3 Å². The molecule has 2 N–H and O–H groups in total. The molecule has 0 radical (unpaired) electrons. The van der Waals surface area contributed by atoms with Crippen LogP contribution in [0.25, 0.3) is 0 Å². The van der Waals surface area contributed by atoms with E-state index >= 15 is 0 Å². The van der Waals surface area contributed by atoms with Gasteiger partial charge in [0.15, 0.2) is 0 Å². The molecule has 2 fully saturated rings. The number of carbonyl (C=O) groups is 2. The van der Waals surface area contributed by atoms with E-state index in [-0.39, 0.29) is 23.3 Å². The van der Waals surface area contributed by atoms with E-state index in [0.717, 1.165) is 12.8 Å². The number of carboxylic acids is 1. The van der Waals surface area contributed by atoms with Gasteiger partial charge in [-0.3, -0.25) is 9.59 Å². The minimum atomic E-state index is -0.763. The van der Waals surface area contributed by atoms with Crippen LogP contribution in [0, 0.1) is 11.8 Å². The van der Waals surface area contributed by atoms with Crippen LogP contribution in [0.5, 0.6) is 0 Å². The summed E-state index contributed by atoms with van der Waals surface area (Å²) in [6.07, 6.45) is 6.33. The first-order valence-electron chi connectivity index (χ1n) is 7.67. The molecular weight excluding hydrogens is 256 g/mol. The number of amides is 1. The third kappa shape index (κ3) is 3.14. The number of nitrogens with zero attached hydrogens (tertiary/aromatic N) is 1. The van der Waals surface area contributed by atoms with Crippen LogP contribution in [0.3, 0.4) is 0 Å². The van der Waals surface area contributed by atoms with E-state index in [1.807, 2.05) is 11.9 Å². The Balaban J connectivity index is 1.83. The number of hydrogen-bond donors (Lipinski definition) is 2. The Morgan fingerprint density at radius 2 is 1.90 bits per heavy atom. The number of nitrogens with one attached hydrogen (secondary N) is 1. The summed E-state index contributed by atoms with van der Waals surface area (Å²) in [5.41, 5.74) is -0.0289. The average Bonchev–Trinajstić information content (AvgIpc) is 2.37. The molecule has 0 aromatic heterocycles. The van der Waals surface area contributed by atoms with E-state index in [2.05, 4.69) is 5.32 Å². The van der Waals surface area contributed by atoms with Crippen molar-refractivity contribution in [2.75, 3.05) is 20.1 Å². The lowest BCUT2D eigenvalue weighted by molar-refractivity contribution is -0.151. The highest BCUT2D eigenvalue weighted by molar-refractivity contribution is 5.79. The Hall–Kier alpha value is -1.10. The number of carbonyl (C=O) groups excluding carboxylic acids is 1. The van der Waals surface area contributed by atoms with Crippen LogP contribution in [0.4, 0.5) is 0 Å². The molecule has 1 aliphatic heterocycles. The van der Waals surface area contributed by atoms with Crippen LogP contribution in [0.2, 0.25) is 0 Å². The summed E-state index contributed by atoms with van der Waals surface area (Å²) in [5, 5.41) is 12.3. The number of likely N-dealkylation sites (tertiary alicyclic amines) is 1. The summed E-state index contributed by atoms with van der Waals surface area (Å²) in [4.78, 5) is 25.1. The molecule has 1 amide bonds. The largest absolute Gasteiger partial charge is 0.481 e. The number of carboxylic acid groups (broad SMARTS) is 1. The summed E-state index contributed by atoms with van der Waals surface area (Å²) in [6.45, 7) is 2.93. The van der Waals surface area contributed by atoms with E-state index in [9.17, 15) is 9.59 Å². The predicted octanol–water partition coefficient (Wildman–Crippen LogP) is 1.48. The first-order chi connectivity index (χ1) is 9.47. The molecule has 1 heterocycles. The van der Waals surface area contributed by atoms with Crippen molar-refractivity contribution in [2.24, 2.45) is 11.8 Å². The summed E-state index contributed by atoms with van der Waals surface area (Å²) in [5.74, 6) is -0.823. The van der Waals surface area contributed by atoms with Crippen LogP contribution >= 0.6 is 0 Å². The lowest BCUT2D eigenvalue weighted by atomic mass is 9.78. The van der Waals surface area contributed by atoms with Crippen molar-refractivity contribution in [1.82, 2.24) is 10.2 Å². The highest BCUT2D eigenvalue weighted by Gasteiger charge is 2.40. The van der Waals surface area contributed by atoms with Gasteiger partial charge in [-0.1, -0.05) is 26.2 Å². The predicted molar refractivity (Wildman–Crippen MR) is 76.4 cm³/mol. The van der Waals surface area contributed by atoms with Gasteiger partial charge in [-0.2, -0.15) is 0 Å². The van der Waals surface area contributed by atoms with Gasteiger partial charge >= 0.3 is 5.97 Å². The van der Waals surface area contributed by atoms with Crippen molar-refractivity contribution in [1.29, 1.82) is 0 Å². The molecule has 20 heavy (non-hydrogen) atoms. The maximum Gasteiger partial charge on any atom is 0.306 e. The van der Waals surface area contributed by atoms with Gasteiger partial charge in [0, 0.05) is 31.0 Å². The summed E-state index contributed by atoms with van der Waals surface area (Å²) < 4.78 is 0. The highest BCUT2D eigenvalue weighted by atomic mass is 16.4. The highest BCUT2D eigenvalue weighted by Crippen LogP contribution is 2.33. The molecule has 5 nitrogen and oxygen atoms in total. The number of rotatable bonds is 5. The molecule has 1 atom stereocenters. The fourth-order valence-electron chi connectivity index (χ4n) is 3.38. The molecule has 5 heteroatoms. The van der Waals surface area contributed by atoms with Gasteiger partial charge in [0.05, 0.1) is 5.92 Å². The minimum Gasteiger partial charge on any atom is -0.481 e. The number of hydrogen-bond acceptors (Lipinski definition) is 3. The normalized spacial score (nSPS) is 24.0. The molecule has 114 valence electrons. The Kier molecular flexibility index (Phi) is 4.68. The summed E-state index contributed by atoms with van der Waals surface area (Å²) in [6, 6.07) is 0. The van der Waals surface area contributed by atoms with Crippen molar-refractivity contribution in [2.45, 2.75) is 51.0 Å². The van der Waals surface area contributed by atoms with Gasteiger partial charge in [-0.15, -0.1) is 0 Å². The summed E-state index contributed by atoms with van der Waals surface area (Å²) in [7, 11) is 1.95. The fourth-order valence-corrected chi connectivity index (χ4v) is 3.38. The Morgan fingerprint density at radius 3 is 2.40 bits per heavy atom. The summed E-state index contributed by atoms with van der Waals surface area (Å²) >= 11 is 0. The van der Waals surface area contributed by atoms with Crippen molar-refractivity contribution in [3.05, 3.63) is 0 Å². The van der Waals surface area contributed by atoms with Crippen molar-refractivity contribution < 1.29 is 14.7 Å². The SMILES string of the molecule is CNC1(CC(=O)N2CC(C(C)C(=O)O)C2)CCCCC1. The van der Waals surface area contributed by atoms with Crippen LogP contribution < -0.4 is 5.32 Å². The third-order valence-electron chi connectivity index (χ3n) is 5.19. The second-order valence-electron chi connectivity index (χ2n) is 6.45. The van der Waals surface area contributed by atoms with Gasteiger partial charge in [0.25, 0.3) is 0 Å². The first kappa shape index (κ1) is 15.3. The van der Waals surface area contributed by atoms with E-state index in [1.54, 1.807) is 6.92 Å². The molecule has 0 aromatic rings. The van der Waals surface area contributed by atoms with Crippen LogP contribution in [0.15, 0.2) is 0 Å². The number of aliphatic carboxylic acids is 1. The quantitative estimate of drug-likeness (QED) is 0.801.